The fourth-order valence-corrected chi connectivity index (χ4v) is 0.112. The van der Waals surface area contributed by atoms with Crippen LogP contribution in [0.25, 0.3) is 0 Å². The third-order valence-electron chi connectivity index (χ3n) is 0.763. The summed E-state index contributed by atoms with van der Waals surface area (Å²) >= 11 is 0. The predicted molar refractivity (Wildman–Crippen MR) is 28.2 cm³/mol. The molecule has 0 saturated carbocycles. The monoisotopic (exact) mass is 85.1 g/mol. The van der Waals surface area contributed by atoms with Gasteiger partial charge in [-0.3, -0.25) is 4.90 Å². The van der Waals surface area contributed by atoms with Crippen LogP contribution in [0.15, 0.2) is 0 Å². The highest BCUT2D eigenvalue weighted by molar-refractivity contribution is 4.51. The minimum Gasteiger partial charge on any atom is -0.329 e. The van der Waals surface area contributed by atoms with Crippen LogP contribution in [0.2, 0.25) is 0 Å². The summed E-state index contributed by atoms with van der Waals surface area (Å²) in [5.74, 6) is 0. The summed E-state index contributed by atoms with van der Waals surface area (Å²) in [6, 6.07) is 0. The Labute approximate surface area is 40.0 Å². The first-order valence-electron chi connectivity index (χ1n) is 2.08. The fraction of sp³-hybridized carbons (Fsp3) is 0.600. The Kier molecular flexibility index (Phi) is 2.95. The van der Waals surface area contributed by atoms with Crippen molar-refractivity contribution in [2.24, 2.45) is 0 Å². The molecule has 0 amide bonds. The number of hydrogen-bond acceptors (Lipinski definition) is 1. The van der Waals surface area contributed by atoms with Crippen LogP contribution in [-0.4, -0.2) is 25.0 Å². The largest absolute Gasteiger partial charge is 0.329 e. The van der Waals surface area contributed by atoms with Gasteiger partial charge in [-0.05, 0) is 7.05 Å². The quantitative estimate of drug-likeness (QED) is 0.443. The van der Waals surface area contributed by atoms with E-state index in [1.807, 2.05) is 11.9 Å². The molecule has 0 aromatic heterocycles. The maximum Gasteiger partial charge on any atom is 0.136 e. The number of hydrogen-bond donors (Lipinski definition) is 0. The van der Waals surface area contributed by atoms with Crippen molar-refractivity contribution in [2.45, 2.75) is 0 Å². The predicted octanol–water partition coefficient (Wildman–Crippen LogP) is 0.586. The molecule has 36 valence electrons. The summed E-state index contributed by atoms with van der Waals surface area (Å²) in [4.78, 5) is 2.03. The first-order valence-corrected chi connectivity index (χ1v) is 2.08. The second-order valence-electron chi connectivity index (χ2n) is 1.30. The lowest BCUT2D eigenvalue weighted by molar-refractivity contribution is 0.409. The lowest BCUT2D eigenvalue weighted by atomic mass is 10.6. The van der Waals surface area contributed by atoms with Gasteiger partial charge in [0.2, 0.25) is 0 Å². The average molecular weight is 85.1 g/mol. The topological polar surface area (TPSA) is 3.24 Å². The van der Waals surface area contributed by atoms with Crippen LogP contribution in [0.4, 0.5) is 0 Å². The number of rotatable bonds is 2. The van der Waals surface area contributed by atoms with Crippen LogP contribution in [0.1, 0.15) is 0 Å². The van der Waals surface area contributed by atoms with E-state index in [2.05, 4.69) is 13.8 Å². The SMILES string of the molecule is [CH2+]CN(C)C[CH2-]. The van der Waals surface area contributed by atoms with Crippen molar-refractivity contribution >= 4 is 0 Å². The Morgan fingerprint density at radius 2 is 2.33 bits per heavy atom. The summed E-state index contributed by atoms with van der Waals surface area (Å²) in [5.41, 5.74) is 0. The Hall–Kier alpha value is -0.170. The van der Waals surface area contributed by atoms with Gasteiger partial charge in [0.25, 0.3) is 0 Å². The Balaban J connectivity index is 2.75. The number of nitrogens with zero attached hydrogens (tertiary/aromatic N) is 1. The van der Waals surface area contributed by atoms with Crippen LogP contribution in [0, 0.1) is 13.8 Å². The summed E-state index contributed by atoms with van der Waals surface area (Å²) in [5, 5.41) is 0. The zero-order valence-corrected chi connectivity index (χ0v) is 4.28. The molecule has 0 aliphatic rings. The maximum absolute atomic E-state index is 3.64. The van der Waals surface area contributed by atoms with Crippen LogP contribution >= 0.6 is 0 Å². The summed E-state index contributed by atoms with van der Waals surface area (Å²) in [6.07, 6.45) is 0. The van der Waals surface area contributed by atoms with E-state index in [-0.39, 0.29) is 0 Å². The van der Waals surface area contributed by atoms with Gasteiger partial charge in [-0.1, -0.05) is 0 Å². The van der Waals surface area contributed by atoms with E-state index >= 15 is 0 Å². The van der Waals surface area contributed by atoms with Crippen molar-refractivity contribution in [3.8, 4) is 0 Å². The highest BCUT2D eigenvalue weighted by Crippen LogP contribution is 1.72. The molecule has 0 N–H and O–H groups in total. The third kappa shape index (κ3) is 2.09. The van der Waals surface area contributed by atoms with Crippen LogP contribution in [0.3, 0.4) is 0 Å². The summed E-state index contributed by atoms with van der Waals surface area (Å²) in [6.45, 7) is 8.99. The molecular weight excluding hydrogens is 74.1 g/mol. The molecule has 1 nitrogen and oxygen atoms in total. The molecule has 0 aromatic carbocycles. The second-order valence-corrected chi connectivity index (χ2v) is 1.30. The molecule has 0 fully saturated rings. The minimum atomic E-state index is 0.851. The molecule has 0 saturated heterocycles. The molecule has 6 heavy (non-hydrogen) atoms. The summed E-state index contributed by atoms with van der Waals surface area (Å²) < 4.78 is 0. The van der Waals surface area contributed by atoms with Crippen LogP contribution in [0.5, 0.6) is 0 Å². The minimum absolute atomic E-state index is 0.851. The second kappa shape index (κ2) is 3.04. The molecule has 0 atom stereocenters. The lowest BCUT2D eigenvalue weighted by Gasteiger charge is -2.08. The molecule has 0 heterocycles. The first-order chi connectivity index (χ1) is 2.81. The van der Waals surface area contributed by atoms with Gasteiger partial charge in [-0.15, -0.1) is 6.54 Å². The van der Waals surface area contributed by atoms with E-state index in [0.717, 1.165) is 13.1 Å². The zero-order valence-electron chi connectivity index (χ0n) is 4.28. The Bertz CT molecular complexity index is 23.1. The molecule has 0 aromatic rings. The van der Waals surface area contributed by atoms with E-state index in [9.17, 15) is 0 Å². The zero-order chi connectivity index (χ0) is 4.99. The maximum atomic E-state index is 3.64. The van der Waals surface area contributed by atoms with Gasteiger partial charge in [-0.25, -0.2) is 0 Å². The van der Waals surface area contributed by atoms with Crippen LogP contribution < -0.4 is 0 Å². The highest BCUT2D eigenvalue weighted by Gasteiger charge is 1.82. The van der Waals surface area contributed by atoms with Gasteiger partial charge >= 0.3 is 0 Å². The van der Waals surface area contributed by atoms with E-state index in [1.54, 1.807) is 0 Å². The fourth-order valence-electron chi connectivity index (χ4n) is 0.112. The van der Waals surface area contributed by atoms with E-state index < -0.39 is 0 Å². The molecule has 0 rings (SSSR count). The van der Waals surface area contributed by atoms with Crippen molar-refractivity contribution in [1.29, 1.82) is 0 Å². The smallest absolute Gasteiger partial charge is 0.136 e. The van der Waals surface area contributed by atoms with E-state index in [0.29, 0.717) is 0 Å². The van der Waals surface area contributed by atoms with Crippen LogP contribution in [-0.2, 0) is 0 Å². The normalized spacial score (nSPS) is 9.83. The van der Waals surface area contributed by atoms with Gasteiger partial charge < -0.3 is 6.92 Å². The average Bonchev–Trinajstić information content (AvgIpc) is 1.65. The molecule has 0 spiro atoms. The van der Waals surface area contributed by atoms with E-state index in [1.165, 1.54) is 0 Å². The van der Waals surface area contributed by atoms with Crippen molar-refractivity contribution in [3.63, 3.8) is 0 Å². The van der Waals surface area contributed by atoms with Gasteiger partial charge in [0.15, 0.2) is 0 Å². The first kappa shape index (κ1) is 5.83. The molecule has 0 unspecified atom stereocenters. The van der Waals surface area contributed by atoms with Gasteiger partial charge in [-0.2, -0.15) is 0 Å². The van der Waals surface area contributed by atoms with Gasteiger partial charge in [0, 0.05) is 0 Å². The van der Waals surface area contributed by atoms with Crippen molar-refractivity contribution in [1.82, 2.24) is 4.90 Å². The Morgan fingerprint density at radius 1 is 1.83 bits per heavy atom. The molecule has 0 bridgehead atoms. The van der Waals surface area contributed by atoms with Gasteiger partial charge in [0.1, 0.15) is 6.54 Å². The Morgan fingerprint density at radius 3 is 2.33 bits per heavy atom. The highest BCUT2D eigenvalue weighted by atomic mass is 15.1. The summed E-state index contributed by atoms with van der Waals surface area (Å²) in [7, 11) is 1.99. The standard InChI is InChI=1S/C5H11N/c1-4-6(3)5-2/h1-2,4-5H2,3H3. The molecular formula is C5H11N. The van der Waals surface area contributed by atoms with Crippen molar-refractivity contribution in [3.05, 3.63) is 13.8 Å². The molecule has 0 aliphatic carbocycles. The van der Waals surface area contributed by atoms with Crippen molar-refractivity contribution < 1.29 is 0 Å². The third-order valence-corrected chi connectivity index (χ3v) is 0.763. The van der Waals surface area contributed by atoms with Crippen molar-refractivity contribution in [2.75, 3.05) is 20.1 Å². The van der Waals surface area contributed by atoms with E-state index in [4.69, 9.17) is 0 Å². The molecule has 1 heteroatoms. The lowest BCUT2D eigenvalue weighted by Crippen LogP contribution is -2.16. The van der Waals surface area contributed by atoms with Gasteiger partial charge in [0.05, 0.1) is 6.92 Å². The molecule has 0 aliphatic heterocycles. The molecule has 0 radical (unpaired) electrons.